The van der Waals surface area contributed by atoms with E-state index in [1.165, 1.54) is 11.3 Å². The second-order valence-corrected chi connectivity index (χ2v) is 3.55. The maximum atomic E-state index is 11.4. The number of amides is 1. The first-order valence-corrected chi connectivity index (χ1v) is 4.87. The van der Waals surface area contributed by atoms with Crippen LogP contribution in [-0.4, -0.2) is 35.3 Å². The van der Waals surface area contributed by atoms with Crippen LogP contribution in [0, 0.1) is 0 Å². The van der Waals surface area contributed by atoms with Crippen LogP contribution in [-0.2, 0) is 0 Å². The Kier molecular flexibility index (Phi) is 3.49. The molecular weight excluding hydrogens is 196 g/mol. The number of thiazole rings is 1. The molecular formula is C7H9ClN2OS. The summed E-state index contributed by atoms with van der Waals surface area (Å²) in [5.41, 5.74) is 1.64. The Bertz CT molecular complexity index is 250. The molecule has 0 aliphatic rings. The molecule has 0 saturated heterocycles. The van der Waals surface area contributed by atoms with Crippen LogP contribution in [0.25, 0.3) is 0 Å². The van der Waals surface area contributed by atoms with E-state index in [4.69, 9.17) is 11.6 Å². The molecule has 0 unspecified atom stereocenters. The van der Waals surface area contributed by atoms with Crippen molar-refractivity contribution in [3.05, 3.63) is 16.6 Å². The number of hydrogen-bond acceptors (Lipinski definition) is 3. The number of hydrogen-bond donors (Lipinski definition) is 0. The molecule has 0 atom stereocenters. The van der Waals surface area contributed by atoms with E-state index in [9.17, 15) is 4.79 Å². The monoisotopic (exact) mass is 204 g/mol. The summed E-state index contributed by atoms with van der Waals surface area (Å²) in [6.07, 6.45) is 1.57. The molecule has 1 rings (SSSR count). The van der Waals surface area contributed by atoms with Crippen molar-refractivity contribution in [2.75, 3.05) is 19.5 Å². The molecule has 1 aromatic rings. The highest BCUT2D eigenvalue weighted by Crippen LogP contribution is 2.08. The predicted molar refractivity (Wildman–Crippen MR) is 49.8 cm³/mol. The third kappa shape index (κ3) is 2.19. The van der Waals surface area contributed by atoms with Crippen molar-refractivity contribution < 1.29 is 4.79 Å². The standard InChI is InChI=1S/C7H9ClN2OS/c1-10(3-2-8)7(11)6-4-9-5-12-6/h4-5H,2-3H2,1H3. The molecule has 0 saturated carbocycles. The zero-order valence-electron chi connectivity index (χ0n) is 6.66. The van der Waals surface area contributed by atoms with Crippen molar-refractivity contribution in [1.82, 2.24) is 9.88 Å². The molecule has 0 spiro atoms. The Morgan fingerprint density at radius 3 is 3.08 bits per heavy atom. The topological polar surface area (TPSA) is 33.2 Å². The summed E-state index contributed by atoms with van der Waals surface area (Å²) >= 11 is 6.84. The Morgan fingerprint density at radius 1 is 1.83 bits per heavy atom. The highest BCUT2D eigenvalue weighted by atomic mass is 35.5. The molecule has 0 aromatic carbocycles. The molecule has 12 heavy (non-hydrogen) atoms. The number of alkyl halides is 1. The van der Waals surface area contributed by atoms with Crippen LogP contribution in [0.5, 0.6) is 0 Å². The van der Waals surface area contributed by atoms with Gasteiger partial charge in [0.05, 0.1) is 11.7 Å². The fraction of sp³-hybridized carbons (Fsp3) is 0.429. The third-order valence-electron chi connectivity index (χ3n) is 1.41. The average molecular weight is 205 g/mol. The number of rotatable bonds is 3. The van der Waals surface area contributed by atoms with Gasteiger partial charge < -0.3 is 4.90 Å². The van der Waals surface area contributed by atoms with E-state index in [0.29, 0.717) is 17.3 Å². The lowest BCUT2D eigenvalue weighted by atomic mass is 10.4. The van der Waals surface area contributed by atoms with E-state index in [1.807, 2.05) is 0 Å². The van der Waals surface area contributed by atoms with Gasteiger partial charge in [0.2, 0.25) is 0 Å². The SMILES string of the molecule is CN(CCCl)C(=O)c1cncs1. The van der Waals surface area contributed by atoms with E-state index in [1.54, 1.807) is 23.7 Å². The number of carbonyl (C=O) groups excluding carboxylic acids is 1. The Hall–Kier alpha value is -0.610. The third-order valence-corrected chi connectivity index (χ3v) is 2.34. The predicted octanol–water partition coefficient (Wildman–Crippen LogP) is 1.45. The first-order chi connectivity index (χ1) is 5.75. The van der Waals surface area contributed by atoms with E-state index < -0.39 is 0 Å². The minimum absolute atomic E-state index is 0.0156. The van der Waals surface area contributed by atoms with Crippen molar-refractivity contribution in [2.24, 2.45) is 0 Å². The highest BCUT2D eigenvalue weighted by molar-refractivity contribution is 7.11. The van der Waals surface area contributed by atoms with Crippen molar-refractivity contribution in [1.29, 1.82) is 0 Å². The number of nitrogens with zero attached hydrogens (tertiary/aromatic N) is 2. The second-order valence-electron chi connectivity index (χ2n) is 2.28. The first kappa shape index (κ1) is 9.48. The summed E-state index contributed by atoms with van der Waals surface area (Å²) < 4.78 is 0. The van der Waals surface area contributed by atoms with Gasteiger partial charge in [-0.1, -0.05) is 0 Å². The minimum Gasteiger partial charge on any atom is -0.340 e. The lowest BCUT2D eigenvalue weighted by Gasteiger charge is -2.13. The molecule has 5 heteroatoms. The second kappa shape index (κ2) is 4.42. The van der Waals surface area contributed by atoms with Crippen molar-refractivity contribution in [2.45, 2.75) is 0 Å². The van der Waals surface area contributed by atoms with Gasteiger partial charge in [-0.3, -0.25) is 9.78 Å². The summed E-state index contributed by atoms with van der Waals surface area (Å²) in [6, 6.07) is 0. The summed E-state index contributed by atoms with van der Waals surface area (Å²) in [5.74, 6) is 0.444. The Balaban J connectivity index is 2.59. The van der Waals surface area contributed by atoms with Gasteiger partial charge in [0, 0.05) is 19.5 Å². The van der Waals surface area contributed by atoms with Gasteiger partial charge in [-0.25, -0.2) is 0 Å². The molecule has 1 amide bonds. The lowest BCUT2D eigenvalue weighted by Crippen LogP contribution is -2.27. The minimum atomic E-state index is -0.0156. The van der Waals surface area contributed by atoms with Crippen LogP contribution < -0.4 is 0 Å². The van der Waals surface area contributed by atoms with Gasteiger partial charge in [0.25, 0.3) is 5.91 Å². The first-order valence-electron chi connectivity index (χ1n) is 3.45. The van der Waals surface area contributed by atoms with Gasteiger partial charge in [-0.15, -0.1) is 22.9 Å². The summed E-state index contributed by atoms with van der Waals surface area (Å²) in [7, 11) is 1.73. The molecule has 1 aromatic heterocycles. The van der Waals surface area contributed by atoms with Crippen molar-refractivity contribution in [3.63, 3.8) is 0 Å². The van der Waals surface area contributed by atoms with Gasteiger partial charge in [-0.05, 0) is 0 Å². The van der Waals surface area contributed by atoms with Crippen LogP contribution in [0.15, 0.2) is 11.7 Å². The van der Waals surface area contributed by atoms with Crippen LogP contribution >= 0.6 is 22.9 Å². The quantitative estimate of drug-likeness (QED) is 0.699. The fourth-order valence-electron chi connectivity index (χ4n) is 0.738. The zero-order chi connectivity index (χ0) is 8.97. The Morgan fingerprint density at radius 2 is 2.58 bits per heavy atom. The fourth-order valence-corrected chi connectivity index (χ4v) is 1.61. The van der Waals surface area contributed by atoms with Crippen LogP contribution in [0.2, 0.25) is 0 Å². The normalized spacial score (nSPS) is 9.83. The maximum Gasteiger partial charge on any atom is 0.265 e. The van der Waals surface area contributed by atoms with Gasteiger partial charge in [-0.2, -0.15) is 0 Å². The zero-order valence-corrected chi connectivity index (χ0v) is 8.23. The molecule has 0 fully saturated rings. The number of aromatic nitrogens is 1. The van der Waals surface area contributed by atoms with Crippen LogP contribution in [0.3, 0.4) is 0 Å². The van der Waals surface area contributed by atoms with Crippen LogP contribution in [0.4, 0.5) is 0 Å². The van der Waals surface area contributed by atoms with Gasteiger partial charge in [0.1, 0.15) is 4.88 Å². The molecule has 3 nitrogen and oxygen atoms in total. The summed E-state index contributed by atoms with van der Waals surface area (Å²) in [4.78, 5) is 17.5. The number of halogens is 1. The van der Waals surface area contributed by atoms with Crippen LogP contribution in [0.1, 0.15) is 9.67 Å². The molecule has 0 aliphatic carbocycles. The Labute approximate surface area is 80.0 Å². The molecule has 0 N–H and O–H groups in total. The molecule has 0 aliphatic heterocycles. The smallest absolute Gasteiger partial charge is 0.265 e. The molecule has 0 bridgehead atoms. The average Bonchev–Trinajstić information content (AvgIpc) is 2.55. The van der Waals surface area contributed by atoms with Gasteiger partial charge >= 0.3 is 0 Å². The van der Waals surface area contributed by atoms with Crippen molar-refractivity contribution >= 4 is 28.8 Å². The summed E-state index contributed by atoms with van der Waals surface area (Å²) in [6.45, 7) is 0.568. The van der Waals surface area contributed by atoms with E-state index >= 15 is 0 Å². The highest BCUT2D eigenvalue weighted by Gasteiger charge is 2.11. The molecule has 66 valence electrons. The van der Waals surface area contributed by atoms with E-state index in [-0.39, 0.29) is 5.91 Å². The van der Waals surface area contributed by atoms with E-state index in [2.05, 4.69) is 4.98 Å². The van der Waals surface area contributed by atoms with Gasteiger partial charge in [0.15, 0.2) is 0 Å². The van der Waals surface area contributed by atoms with E-state index in [0.717, 1.165) is 0 Å². The molecule has 1 heterocycles. The molecule has 0 radical (unpaired) electrons. The lowest BCUT2D eigenvalue weighted by molar-refractivity contribution is 0.0808. The maximum absolute atomic E-state index is 11.4. The summed E-state index contributed by atoms with van der Waals surface area (Å²) in [5, 5.41) is 0. The number of carbonyl (C=O) groups is 1. The largest absolute Gasteiger partial charge is 0.340 e. The van der Waals surface area contributed by atoms with Crippen molar-refractivity contribution in [3.8, 4) is 0 Å².